The minimum atomic E-state index is -1.07. The summed E-state index contributed by atoms with van der Waals surface area (Å²) in [7, 11) is 0. The zero-order valence-electron chi connectivity index (χ0n) is 14.1. The number of nitrogens with zero attached hydrogens (tertiary/aromatic N) is 1. The predicted molar refractivity (Wildman–Crippen MR) is 89.2 cm³/mol. The van der Waals surface area contributed by atoms with E-state index >= 15 is 0 Å². The molecule has 138 valence electrons. The van der Waals surface area contributed by atoms with Gasteiger partial charge in [0, 0.05) is 26.2 Å². The minimum absolute atomic E-state index is 0.0336. The molecule has 0 spiro atoms. The molecule has 6 nitrogen and oxygen atoms in total. The van der Waals surface area contributed by atoms with Crippen LogP contribution in [0.15, 0.2) is 24.3 Å². The Morgan fingerprint density at radius 2 is 1.80 bits per heavy atom. The summed E-state index contributed by atoms with van der Waals surface area (Å²) in [5.41, 5.74) is 0.912. The maximum atomic E-state index is 12.9. The largest absolute Gasteiger partial charge is 0.388 e. The number of aliphatic hydroxyl groups excluding tert-OH is 2. The third-order valence-corrected chi connectivity index (χ3v) is 4.88. The number of nitrogens with one attached hydrogen (secondary N) is 1. The molecule has 0 aromatic heterocycles. The summed E-state index contributed by atoms with van der Waals surface area (Å²) in [6.45, 7) is 2.35. The molecular weight excluding hydrogens is 327 g/mol. The van der Waals surface area contributed by atoms with E-state index < -0.39 is 24.4 Å². The van der Waals surface area contributed by atoms with Crippen molar-refractivity contribution in [1.82, 2.24) is 10.2 Å². The van der Waals surface area contributed by atoms with Crippen molar-refractivity contribution in [1.29, 1.82) is 0 Å². The lowest BCUT2D eigenvalue weighted by Crippen LogP contribution is -2.38. The van der Waals surface area contributed by atoms with Crippen molar-refractivity contribution < 1.29 is 24.1 Å². The highest BCUT2D eigenvalue weighted by atomic mass is 19.1. The maximum absolute atomic E-state index is 12.9. The number of halogens is 1. The lowest BCUT2D eigenvalue weighted by atomic mass is 10.0. The Morgan fingerprint density at radius 1 is 1.16 bits per heavy atom. The number of hydrogen-bond acceptors (Lipinski definition) is 5. The Kier molecular flexibility index (Phi) is 6.01. The van der Waals surface area contributed by atoms with Gasteiger partial charge in [0.2, 0.25) is 5.91 Å². The van der Waals surface area contributed by atoms with Gasteiger partial charge in [-0.1, -0.05) is 12.1 Å². The second-order valence-corrected chi connectivity index (χ2v) is 6.74. The number of likely N-dealkylation sites (tertiary alicyclic amines) is 1. The normalized spacial score (nSPS) is 29.3. The van der Waals surface area contributed by atoms with Gasteiger partial charge in [0.15, 0.2) is 0 Å². The van der Waals surface area contributed by atoms with Crippen molar-refractivity contribution in [2.24, 2.45) is 0 Å². The Labute approximate surface area is 146 Å². The van der Waals surface area contributed by atoms with Crippen molar-refractivity contribution in [3.05, 3.63) is 35.6 Å². The molecule has 2 heterocycles. The molecule has 2 fully saturated rings. The van der Waals surface area contributed by atoms with E-state index in [1.165, 1.54) is 12.1 Å². The van der Waals surface area contributed by atoms with E-state index in [1.54, 1.807) is 17.0 Å². The molecule has 1 amide bonds. The number of carbonyl (C=O) groups is 1. The lowest BCUT2D eigenvalue weighted by molar-refractivity contribution is -0.134. The van der Waals surface area contributed by atoms with Crippen LogP contribution < -0.4 is 5.32 Å². The Bertz CT molecular complexity index is 577. The van der Waals surface area contributed by atoms with Crippen LogP contribution in [0.5, 0.6) is 0 Å². The van der Waals surface area contributed by atoms with E-state index in [-0.39, 0.29) is 18.1 Å². The van der Waals surface area contributed by atoms with Gasteiger partial charge in [-0.2, -0.15) is 0 Å². The van der Waals surface area contributed by atoms with E-state index in [1.807, 2.05) is 0 Å². The number of carbonyl (C=O) groups excluding carboxylic acids is 1. The van der Waals surface area contributed by atoms with Crippen LogP contribution >= 0.6 is 0 Å². The highest BCUT2D eigenvalue weighted by Crippen LogP contribution is 2.24. The minimum Gasteiger partial charge on any atom is -0.388 e. The molecule has 3 rings (SSSR count). The highest BCUT2D eigenvalue weighted by Gasteiger charge is 2.43. The molecule has 0 aliphatic carbocycles. The number of rotatable bonds is 6. The van der Waals surface area contributed by atoms with Gasteiger partial charge >= 0.3 is 0 Å². The first kappa shape index (κ1) is 18.3. The molecule has 0 bridgehead atoms. The van der Waals surface area contributed by atoms with Gasteiger partial charge in [0.25, 0.3) is 0 Å². The molecule has 1 aromatic carbocycles. The SMILES string of the molecule is O=C(C[C@@H]1O[C@@H](CNCc2ccc(F)cc2)[C@@H](O)[C@H]1O)N1CCCC1. The van der Waals surface area contributed by atoms with Gasteiger partial charge in [-0.05, 0) is 30.5 Å². The number of ether oxygens (including phenoxy) is 1. The summed E-state index contributed by atoms with van der Waals surface area (Å²) in [5.74, 6) is -0.319. The van der Waals surface area contributed by atoms with Crippen LogP contribution in [0.2, 0.25) is 0 Å². The highest BCUT2D eigenvalue weighted by molar-refractivity contribution is 5.77. The van der Waals surface area contributed by atoms with Crippen LogP contribution in [0, 0.1) is 5.82 Å². The van der Waals surface area contributed by atoms with Gasteiger partial charge in [-0.15, -0.1) is 0 Å². The number of benzene rings is 1. The molecular formula is C18H25FN2O4. The molecule has 0 unspecified atom stereocenters. The van der Waals surface area contributed by atoms with E-state index in [0.717, 1.165) is 31.5 Å². The van der Waals surface area contributed by atoms with Crippen molar-refractivity contribution in [2.75, 3.05) is 19.6 Å². The monoisotopic (exact) mass is 352 g/mol. The van der Waals surface area contributed by atoms with E-state index in [2.05, 4.69) is 5.32 Å². The Morgan fingerprint density at radius 3 is 2.48 bits per heavy atom. The van der Waals surface area contributed by atoms with E-state index in [0.29, 0.717) is 13.1 Å². The van der Waals surface area contributed by atoms with Gasteiger partial charge < -0.3 is 25.2 Å². The molecule has 2 aliphatic heterocycles. The molecule has 2 saturated heterocycles. The van der Waals surface area contributed by atoms with Crippen molar-refractivity contribution in [3.63, 3.8) is 0 Å². The quantitative estimate of drug-likeness (QED) is 0.691. The zero-order valence-corrected chi connectivity index (χ0v) is 14.1. The van der Waals surface area contributed by atoms with Crippen LogP contribution in [0.3, 0.4) is 0 Å². The number of aliphatic hydroxyl groups is 2. The molecule has 3 N–H and O–H groups in total. The third-order valence-electron chi connectivity index (χ3n) is 4.88. The molecule has 2 aliphatic rings. The Hall–Kier alpha value is -1.54. The van der Waals surface area contributed by atoms with Gasteiger partial charge in [0.05, 0.1) is 18.6 Å². The molecule has 0 radical (unpaired) electrons. The third kappa shape index (κ3) is 4.55. The number of hydrogen-bond donors (Lipinski definition) is 3. The molecule has 25 heavy (non-hydrogen) atoms. The summed E-state index contributed by atoms with van der Waals surface area (Å²) >= 11 is 0. The standard InChI is InChI=1S/C18H25FN2O4/c19-13-5-3-12(4-6-13)10-20-11-15-18(24)17(23)14(25-15)9-16(22)21-7-1-2-8-21/h3-6,14-15,17-18,20,23-24H,1-2,7-11H2/t14-,15-,17-,18+/m0/s1. The maximum Gasteiger partial charge on any atom is 0.225 e. The second kappa shape index (κ2) is 8.23. The van der Waals surface area contributed by atoms with Crippen molar-refractivity contribution >= 4 is 5.91 Å². The fraction of sp³-hybridized carbons (Fsp3) is 0.611. The first-order valence-electron chi connectivity index (χ1n) is 8.79. The fourth-order valence-corrected chi connectivity index (χ4v) is 3.39. The summed E-state index contributed by atoms with van der Waals surface area (Å²) in [5, 5.41) is 23.4. The lowest BCUT2D eigenvalue weighted by Gasteiger charge is -2.19. The Balaban J connectivity index is 1.46. The van der Waals surface area contributed by atoms with Crippen LogP contribution in [0.4, 0.5) is 4.39 Å². The van der Waals surface area contributed by atoms with Crippen LogP contribution in [0.1, 0.15) is 24.8 Å². The number of amides is 1. The molecule has 7 heteroatoms. The molecule has 4 atom stereocenters. The predicted octanol–water partition coefficient (Wildman–Crippen LogP) is 0.417. The summed E-state index contributed by atoms with van der Waals surface area (Å²) in [6, 6.07) is 6.14. The second-order valence-electron chi connectivity index (χ2n) is 6.74. The van der Waals surface area contributed by atoms with Crippen molar-refractivity contribution in [3.8, 4) is 0 Å². The van der Waals surface area contributed by atoms with Gasteiger partial charge in [-0.3, -0.25) is 4.79 Å². The van der Waals surface area contributed by atoms with Gasteiger partial charge in [0.1, 0.15) is 18.0 Å². The van der Waals surface area contributed by atoms with Crippen LogP contribution in [0.25, 0.3) is 0 Å². The molecule has 1 aromatic rings. The average Bonchev–Trinajstić information content (AvgIpc) is 3.22. The van der Waals surface area contributed by atoms with Crippen LogP contribution in [-0.2, 0) is 16.1 Å². The topological polar surface area (TPSA) is 82.0 Å². The van der Waals surface area contributed by atoms with E-state index in [9.17, 15) is 19.4 Å². The smallest absolute Gasteiger partial charge is 0.225 e. The fourth-order valence-electron chi connectivity index (χ4n) is 3.39. The van der Waals surface area contributed by atoms with E-state index in [4.69, 9.17) is 4.74 Å². The van der Waals surface area contributed by atoms with Gasteiger partial charge in [-0.25, -0.2) is 4.39 Å². The van der Waals surface area contributed by atoms with Crippen molar-refractivity contribution in [2.45, 2.75) is 50.2 Å². The average molecular weight is 352 g/mol. The summed E-state index contributed by atoms with van der Waals surface area (Å²) in [4.78, 5) is 14.0. The zero-order chi connectivity index (χ0) is 17.8. The first-order chi connectivity index (χ1) is 12.0. The van der Waals surface area contributed by atoms with Crippen LogP contribution in [-0.4, -0.2) is 65.1 Å². The first-order valence-corrected chi connectivity index (χ1v) is 8.79. The molecule has 0 saturated carbocycles. The summed E-state index contributed by atoms with van der Waals surface area (Å²) in [6.07, 6.45) is -1.24. The summed E-state index contributed by atoms with van der Waals surface area (Å²) < 4.78 is 18.6.